The number of esters is 1. The number of ether oxygens (including phenoxy) is 5. The minimum atomic E-state index is -4.08. The van der Waals surface area contributed by atoms with E-state index in [2.05, 4.69) is 5.32 Å². The summed E-state index contributed by atoms with van der Waals surface area (Å²) in [5.41, 5.74) is 1.23. The monoisotopic (exact) mass is 834 g/mol. The van der Waals surface area contributed by atoms with E-state index in [0.717, 1.165) is 0 Å². The van der Waals surface area contributed by atoms with Gasteiger partial charge in [-0.1, -0.05) is 37.3 Å². The summed E-state index contributed by atoms with van der Waals surface area (Å²) in [6.45, 7) is 5.15. The molecule has 312 valence electrons. The van der Waals surface area contributed by atoms with Gasteiger partial charge in [-0.3, -0.25) is 4.52 Å². The zero-order chi connectivity index (χ0) is 41.2. The van der Waals surface area contributed by atoms with E-state index in [-0.39, 0.29) is 67.6 Å². The van der Waals surface area contributed by atoms with Crippen LogP contribution in [-0.4, -0.2) is 112 Å². The molecule has 0 aliphatic carbocycles. The molecule has 18 heteroatoms. The van der Waals surface area contributed by atoms with Crippen LogP contribution in [0.15, 0.2) is 77.7 Å². The lowest BCUT2D eigenvalue weighted by molar-refractivity contribution is -0.150. The Bertz CT molecular complexity index is 1950. The second-order valence-corrected chi connectivity index (χ2v) is 17.6. The second kappa shape index (κ2) is 20.0. The summed E-state index contributed by atoms with van der Waals surface area (Å²) in [6, 6.07) is 18.5. The number of rotatable bonds is 19. The van der Waals surface area contributed by atoms with E-state index in [0.29, 0.717) is 29.9 Å². The van der Waals surface area contributed by atoms with Crippen LogP contribution in [0.1, 0.15) is 44.2 Å². The molecule has 1 saturated heterocycles. The van der Waals surface area contributed by atoms with Crippen molar-refractivity contribution in [2.45, 2.75) is 68.8 Å². The number of hydrogen-bond donors (Lipinski definition) is 3. The molecular weight excluding hydrogens is 783 g/mol. The van der Waals surface area contributed by atoms with E-state index < -0.39 is 60.4 Å². The molecule has 0 radical (unpaired) electrons. The maximum atomic E-state index is 13.8. The SMILES string of the molecule is CCOC(=O)[C@H](C)OP(=O)(COc1ccc(C[C@H](NC(=O)O[C@H]2COC[C@H]2CCO)[C@H](O)CN2CC(C)c3cc(OC)ccc3S2(=O)=O)cc1)Oc1ccccc1. The van der Waals surface area contributed by atoms with Crippen molar-refractivity contribution >= 4 is 29.7 Å². The smallest absolute Gasteiger partial charge is 0.417 e. The summed E-state index contributed by atoms with van der Waals surface area (Å²) in [5.74, 6) is -0.0917. The third-order valence-corrected chi connectivity index (χ3v) is 13.1. The van der Waals surface area contributed by atoms with Gasteiger partial charge in [-0.15, -0.1) is 0 Å². The van der Waals surface area contributed by atoms with Crippen LogP contribution >= 0.6 is 7.60 Å². The summed E-state index contributed by atoms with van der Waals surface area (Å²) >= 11 is 0. The Morgan fingerprint density at radius 3 is 2.44 bits per heavy atom. The summed E-state index contributed by atoms with van der Waals surface area (Å²) in [7, 11) is -6.59. The average molecular weight is 835 g/mol. The molecule has 2 heterocycles. The van der Waals surface area contributed by atoms with Gasteiger partial charge in [-0.25, -0.2) is 22.6 Å². The molecule has 0 saturated carbocycles. The quantitative estimate of drug-likeness (QED) is 0.113. The maximum Gasteiger partial charge on any atom is 0.417 e. The highest BCUT2D eigenvalue weighted by molar-refractivity contribution is 7.89. The van der Waals surface area contributed by atoms with Gasteiger partial charge >= 0.3 is 19.7 Å². The molecule has 3 aromatic carbocycles. The first kappa shape index (κ1) is 43.9. The Morgan fingerprint density at radius 2 is 1.75 bits per heavy atom. The molecule has 1 amide bonds. The molecule has 0 aromatic heterocycles. The van der Waals surface area contributed by atoms with Crippen LogP contribution in [-0.2, 0) is 44.5 Å². The maximum absolute atomic E-state index is 13.8. The minimum Gasteiger partial charge on any atom is -0.497 e. The molecule has 0 bridgehead atoms. The number of nitrogens with zero attached hydrogens (tertiary/aromatic N) is 1. The molecule has 0 spiro atoms. The molecule has 2 aliphatic heterocycles. The first-order valence-electron chi connectivity index (χ1n) is 18.7. The number of β-amino-alcohol motifs (C(OH)–C–C–N with tert-alkyl or cyclic N) is 1. The number of amides is 1. The lowest BCUT2D eigenvalue weighted by Gasteiger charge is -2.35. The van der Waals surface area contributed by atoms with Crippen molar-refractivity contribution in [3.05, 3.63) is 83.9 Å². The highest BCUT2D eigenvalue weighted by atomic mass is 32.2. The van der Waals surface area contributed by atoms with Gasteiger partial charge in [0.1, 0.15) is 23.4 Å². The van der Waals surface area contributed by atoms with Crippen LogP contribution in [0.5, 0.6) is 17.2 Å². The van der Waals surface area contributed by atoms with E-state index in [9.17, 15) is 32.8 Å². The van der Waals surface area contributed by atoms with E-state index in [1.165, 1.54) is 24.4 Å². The fourth-order valence-electron chi connectivity index (χ4n) is 6.57. The van der Waals surface area contributed by atoms with E-state index >= 15 is 0 Å². The first-order valence-corrected chi connectivity index (χ1v) is 21.8. The minimum absolute atomic E-state index is 0.0464. The Kier molecular flexibility index (Phi) is 15.4. The van der Waals surface area contributed by atoms with E-state index in [1.54, 1.807) is 73.7 Å². The van der Waals surface area contributed by atoms with E-state index in [1.807, 2.05) is 6.92 Å². The fraction of sp³-hybridized carbons (Fsp3) is 0.487. The predicted molar refractivity (Wildman–Crippen MR) is 207 cm³/mol. The normalized spacial score (nSPS) is 21.5. The molecule has 2 unspecified atom stereocenters. The van der Waals surface area contributed by atoms with Crippen LogP contribution in [0.3, 0.4) is 0 Å². The summed E-state index contributed by atoms with van der Waals surface area (Å²) in [6.07, 6.45) is -4.18. The van der Waals surface area contributed by atoms with Crippen LogP contribution in [0.25, 0.3) is 0 Å². The number of hydrogen-bond acceptors (Lipinski definition) is 14. The van der Waals surface area contributed by atoms with Crippen molar-refractivity contribution in [2.24, 2.45) is 5.92 Å². The number of nitrogens with one attached hydrogen (secondary N) is 1. The molecular formula is C39H51N2O14PS. The van der Waals surface area contributed by atoms with Crippen LogP contribution in [0.4, 0.5) is 4.79 Å². The third kappa shape index (κ3) is 11.7. The van der Waals surface area contributed by atoms with Gasteiger partial charge < -0.3 is 43.7 Å². The number of sulfonamides is 1. The van der Waals surface area contributed by atoms with Gasteiger partial charge in [0.2, 0.25) is 16.4 Å². The Balaban J connectivity index is 1.31. The molecule has 3 N–H and O–H groups in total. The number of methoxy groups -OCH3 is 1. The second-order valence-electron chi connectivity index (χ2n) is 13.8. The van der Waals surface area contributed by atoms with Crippen LogP contribution in [0, 0.1) is 5.92 Å². The van der Waals surface area contributed by atoms with Crippen LogP contribution in [0.2, 0.25) is 0 Å². The lowest BCUT2D eigenvalue weighted by atomic mass is 9.99. The molecule has 57 heavy (non-hydrogen) atoms. The number of alkyl carbamates (subject to hydrolysis) is 1. The van der Waals surface area contributed by atoms with Gasteiger partial charge in [0.05, 0.1) is 44.0 Å². The Hall–Kier alpha value is -4.22. The highest BCUT2D eigenvalue weighted by Gasteiger charge is 2.39. The molecule has 16 nitrogen and oxygen atoms in total. The van der Waals surface area contributed by atoms with Gasteiger partial charge in [0.15, 0.2) is 6.10 Å². The number of aliphatic hydroxyl groups is 2. The Morgan fingerprint density at radius 1 is 1.04 bits per heavy atom. The summed E-state index contributed by atoms with van der Waals surface area (Å²) in [4.78, 5) is 25.7. The number of carbonyl (C=O) groups excluding carboxylic acids is 2. The molecule has 1 fully saturated rings. The van der Waals surface area contributed by atoms with Crippen molar-refractivity contribution in [1.82, 2.24) is 9.62 Å². The number of fused-ring (bicyclic) bond motifs is 1. The zero-order valence-corrected chi connectivity index (χ0v) is 34.1. The number of aliphatic hydroxyl groups excluding tert-OH is 2. The molecule has 2 aliphatic rings. The topological polar surface area (TPSA) is 206 Å². The first-order chi connectivity index (χ1) is 27.2. The fourth-order valence-corrected chi connectivity index (χ4v) is 9.89. The molecule has 7 atom stereocenters. The summed E-state index contributed by atoms with van der Waals surface area (Å²) in [5, 5.41) is 23.8. The Labute approximate surface area is 332 Å². The number of para-hydroxylation sites is 1. The van der Waals surface area contributed by atoms with Crippen molar-refractivity contribution < 1.29 is 65.5 Å². The van der Waals surface area contributed by atoms with Crippen molar-refractivity contribution in [2.75, 3.05) is 53.0 Å². The largest absolute Gasteiger partial charge is 0.497 e. The van der Waals surface area contributed by atoms with E-state index in [4.69, 9.17) is 32.7 Å². The van der Waals surface area contributed by atoms with Crippen molar-refractivity contribution in [3.8, 4) is 17.2 Å². The van der Waals surface area contributed by atoms with Crippen LogP contribution < -0.4 is 19.3 Å². The van der Waals surface area contributed by atoms with Gasteiger partial charge in [-0.05, 0) is 86.2 Å². The third-order valence-electron chi connectivity index (χ3n) is 9.59. The zero-order valence-electron chi connectivity index (χ0n) is 32.4. The van der Waals surface area contributed by atoms with Gasteiger partial charge in [0, 0.05) is 25.6 Å². The number of carbonyl (C=O) groups is 2. The molecule has 3 aromatic rings. The molecule has 5 rings (SSSR count). The van der Waals surface area contributed by atoms with Gasteiger partial charge in [-0.2, -0.15) is 4.31 Å². The lowest BCUT2D eigenvalue weighted by Crippen LogP contribution is -2.52. The predicted octanol–water partition coefficient (Wildman–Crippen LogP) is 4.48. The standard InChI is InChI=1S/C39H51N2O14PS/c1-5-51-38(44)27(3)54-56(46,55-31-9-7-6-8-10-31)25-52-30-13-11-28(12-14-30)19-34(40-39(45)53-36-24-50-23-29(36)17-18-42)35(43)22-41-21-26(2)33-20-32(49-4)15-16-37(33)57(41,47)48/h6-16,20,26-27,29,34-36,42-43H,5,17-19,21-25H2,1-4H3,(H,40,45)/t26?,27-,29+,34-,35+,36-,56?/m0/s1. The van der Waals surface area contributed by atoms with Crippen molar-refractivity contribution in [3.63, 3.8) is 0 Å². The average Bonchev–Trinajstić information content (AvgIpc) is 3.62. The van der Waals surface area contributed by atoms with Crippen molar-refractivity contribution in [1.29, 1.82) is 0 Å². The summed E-state index contributed by atoms with van der Waals surface area (Å²) < 4.78 is 81.1. The number of benzene rings is 3. The van der Waals surface area contributed by atoms with Gasteiger partial charge in [0.25, 0.3) is 0 Å². The highest BCUT2D eigenvalue weighted by Crippen LogP contribution is 2.49.